The van der Waals surface area contributed by atoms with E-state index in [-0.39, 0.29) is 5.91 Å². The maximum atomic E-state index is 12.5. The summed E-state index contributed by atoms with van der Waals surface area (Å²) in [6.07, 6.45) is 6.92. The standard InChI is InChI=1S/C15H21NOS/c1-3-16(13-6-4-5-7-13)15(17)12-8-10-14(18-2)11-9-12/h8-11,13H,3-7H2,1-2H3. The number of hydrogen-bond donors (Lipinski definition) is 0. The van der Waals surface area contributed by atoms with Crippen LogP contribution in [0.15, 0.2) is 29.2 Å². The van der Waals surface area contributed by atoms with E-state index in [1.165, 1.54) is 30.6 Å². The molecule has 2 nitrogen and oxygen atoms in total. The second-order valence-electron chi connectivity index (χ2n) is 4.76. The predicted octanol–water partition coefficient (Wildman–Crippen LogP) is 3.81. The molecular formula is C15H21NOS. The van der Waals surface area contributed by atoms with Crippen LogP contribution in [0.2, 0.25) is 0 Å². The van der Waals surface area contributed by atoms with Crippen molar-refractivity contribution in [2.45, 2.75) is 43.5 Å². The first-order chi connectivity index (χ1) is 8.76. The zero-order valence-corrected chi connectivity index (χ0v) is 12.0. The third kappa shape index (κ3) is 2.89. The first-order valence-corrected chi connectivity index (χ1v) is 7.93. The van der Waals surface area contributed by atoms with Crippen molar-refractivity contribution in [1.82, 2.24) is 4.90 Å². The van der Waals surface area contributed by atoms with Crippen molar-refractivity contribution >= 4 is 17.7 Å². The van der Waals surface area contributed by atoms with E-state index >= 15 is 0 Å². The number of nitrogens with zero attached hydrogens (tertiary/aromatic N) is 1. The van der Waals surface area contributed by atoms with Gasteiger partial charge in [-0.25, -0.2) is 0 Å². The zero-order chi connectivity index (χ0) is 13.0. The van der Waals surface area contributed by atoms with Crippen LogP contribution in [-0.4, -0.2) is 29.6 Å². The Labute approximate surface area is 114 Å². The fraction of sp³-hybridized carbons (Fsp3) is 0.533. The van der Waals surface area contributed by atoms with Crippen LogP contribution in [0.5, 0.6) is 0 Å². The van der Waals surface area contributed by atoms with Crippen LogP contribution in [0.25, 0.3) is 0 Å². The van der Waals surface area contributed by atoms with E-state index in [4.69, 9.17) is 0 Å². The maximum Gasteiger partial charge on any atom is 0.254 e. The molecule has 0 radical (unpaired) electrons. The summed E-state index contributed by atoms with van der Waals surface area (Å²) < 4.78 is 0. The van der Waals surface area contributed by atoms with Crippen molar-refractivity contribution in [2.24, 2.45) is 0 Å². The summed E-state index contributed by atoms with van der Waals surface area (Å²) in [6, 6.07) is 8.42. The van der Waals surface area contributed by atoms with Gasteiger partial charge in [-0.1, -0.05) is 12.8 Å². The summed E-state index contributed by atoms with van der Waals surface area (Å²) in [5, 5.41) is 0. The molecule has 0 atom stereocenters. The van der Waals surface area contributed by atoms with E-state index in [1.807, 2.05) is 35.4 Å². The van der Waals surface area contributed by atoms with Gasteiger partial charge in [-0.3, -0.25) is 4.79 Å². The number of thioether (sulfide) groups is 1. The molecule has 0 unspecified atom stereocenters. The van der Waals surface area contributed by atoms with E-state index in [9.17, 15) is 4.79 Å². The van der Waals surface area contributed by atoms with Gasteiger partial charge in [0.1, 0.15) is 0 Å². The quantitative estimate of drug-likeness (QED) is 0.770. The molecule has 18 heavy (non-hydrogen) atoms. The van der Waals surface area contributed by atoms with Crippen molar-refractivity contribution in [3.8, 4) is 0 Å². The molecule has 0 aliphatic heterocycles. The van der Waals surface area contributed by atoms with Crippen molar-refractivity contribution in [1.29, 1.82) is 0 Å². The summed E-state index contributed by atoms with van der Waals surface area (Å²) in [5.41, 5.74) is 0.821. The largest absolute Gasteiger partial charge is 0.336 e. The molecule has 0 heterocycles. The van der Waals surface area contributed by atoms with Gasteiger partial charge in [0.05, 0.1) is 0 Å². The molecule has 1 saturated carbocycles. The van der Waals surface area contributed by atoms with Crippen LogP contribution in [0.3, 0.4) is 0 Å². The number of amides is 1. The topological polar surface area (TPSA) is 20.3 Å². The van der Waals surface area contributed by atoms with Crippen LogP contribution in [0.4, 0.5) is 0 Å². The van der Waals surface area contributed by atoms with Gasteiger partial charge in [0.15, 0.2) is 0 Å². The molecule has 1 aliphatic carbocycles. The molecule has 0 spiro atoms. The van der Waals surface area contributed by atoms with E-state index in [0.717, 1.165) is 12.1 Å². The Morgan fingerprint density at radius 3 is 2.39 bits per heavy atom. The minimum Gasteiger partial charge on any atom is -0.336 e. The van der Waals surface area contributed by atoms with E-state index in [0.29, 0.717) is 6.04 Å². The maximum absolute atomic E-state index is 12.5. The van der Waals surface area contributed by atoms with Gasteiger partial charge in [-0.2, -0.15) is 0 Å². The summed E-state index contributed by atoms with van der Waals surface area (Å²) in [4.78, 5) is 15.7. The lowest BCUT2D eigenvalue weighted by molar-refractivity contribution is 0.0693. The molecule has 0 N–H and O–H groups in total. The fourth-order valence-electron chi connectivity index (χ4n) is 2.68. The second kappa shape index (κ2) is 6.28. The molecule has 0 bridgehead atoms. The molecule has 1 amide bonds. The highest BCUT2D eigenvalue weighted by Gasteiger charge is 2.25. The van der Waals surface area contributed by atoms with Crippen molar-refractivity contribution in [2.75, 3.05) is 12.8 Å². The van der Waals surface area contributed by atoms with Gasteiger partial charge in [-0.05, 0) is 50.3 Å². The highest BCUT2D eigenvalue weighted by molar-refractivity contribution is 7.98. The van der Waals surface area contributed by atoms with Gasteiger partial charge in [0, 0.05) is 23.0 Å². The van der Waals surface area contributed by atoms with Crippen LogP contribution in [0, 0.1) is 0 Å². The predicted molar refractivity (Wildman–Crippen MR) is 77.2 cm³/mol. The Hall–Kier alpha value is -0.960. The smallest absolute Gasteiger partial charge is 0.254 e. The third-order valence-corrected chi connectivity index (χ3v) is 4.45. The first-order valence-electron chi connectivity index (χ1n) is 6.71. The van der Waals surface area contributed by atoms with Crippen molar-refractivity contribution < 1.29 is 4.79 Å². The molecule has 1 aliphatic rings. The van der Waals surface area contributed by atoms with Gasteiger partial charge < -0.3 is 4.90 Å². The number of rotatable bonds is 4. The van der Waals surface area contributed by atoms with Gasteiger partial charge in [0.25, 0.3) is 5.91 Å². The van der Waals surface area contributed by atoms with Crippen LogP contribution in [0.1, 0.15) is 43.0 Å². The average molecular weight is 263 g/mol. The van der Waals surface area contributed by atoms with E-state index < -0.39 is 0 Å². The Morgan fingerprint density at radius 1 is 1.28 bits per heavy atom. The molecular weight excluding hydrogens is 242 g/mol. The lowest BCUT2D eigenvalue weighted by Gasteiger charge is -2.27. The molecule has 0 saturated heterocycles. The highest BCUT2D eigenvalue weighted by atomic mass is 32.2. The minimum atomic E-state index is 0.192. The summed E-state index contributed by atoms with van der Waals surface area (Å²) >= 11 is 1.70. The Balaban J connectivity index is 2.11. The molecule has 2 rings (SSSR count). The van der Waals surface area contributed by atoms with Gasteiger partial charge in [0.2, 0.25) is 0 Å². The SMILES string of the molecule is CCN(C(=O)c1ccc(SC)cc1)C1CCCC1. The Morgan fingerprint density at radius 2 is 1.89 bits per heavy atom. The minimum absolute atomic E-state index is 0.192. The van der Waals surface area contributed by atoms with Crippen molar-refractivity contribution in [3.05, 3.63) is 29.8 Å². The molecule has 98 valence electrons. The number of carbonyl (C=O) groups excluding carboxylic acids is 1. The lowest BCUT2D eigenvalue weighted by Crippen LogP contribution is -2.38. The Bertz CT molecular complexity index is 395. The molecule has 0 aromatic heterocycles. The summed E-state index contributed by atoms with van der Waals surface area (Å²) in [6.45, 7) is 2.89. The zero-order valence-electron chi connectivity index (χ0n) is 11.2. The summed E-state index contributed by atoms with van der Waals surface area (Å²) in [5.74, 6) is 0.192. The molecule has 1 fully saturated rings. The highest BCUT2D eigenvalue weighted by Crippen LogP contribution is 2.25. The molecule has 1 aromatic rings. The summed E-state index contributed by atoms with van der Waals surface area (Å²) in [7, 11) is 0. The van der Waals surface area contributed by atoms with E-state index in [2.05, 4.69) is 6.92 Å². The average Bonchev–Trinajstić information content (AvgIpc) is 2.93. The molecule has 3 heteroatoms. The normalized spacial score (nSPS) is 15.9. The van der Waals surface area contributed by atoms with Crippen LogP contribution < -0.4 is 0 Å². The monoisotopic (exact) mass is 263 g/mol. The van der Waals surface area contributed by atoms with Gasteiger partial charge >= 0.3 is 0 Å². The number of hydrogen-bond acceptors (Lipinski definition) is 2. The van der Waals surface area contributed by atoms with Crippen molar-refractivity contribution in [3.63, 3.8) is 0 Å². The first kappa shape index (κ1) is 13.5. The van der Waals surface area contributed by atoms with Crippen LogP contribution in [-0.2, 0) is 0 Å². The third-order valence-electron chi connectivity index (χ3n) is 3.70. The number of carbonyl (C=O) groups is 1. The number of benzene rings is 1. The Kier molecular flexibility index (Phi) is 4.70. The fourth-order valence-corrected chi connectivity index (χ4v) is 3.09. The lowest BCUT2D eigenvalue weighted by atomic mass is 10.1. The second-order valence-corrected chi connectivity index (χ2v) is 5.64. The van der Waals surface area contributed by atoms with E-state index in [1.54, 1.807) is 11.8 Å². The molecule has 1 aromatic carbocycles. The van der Waals surface area contributed by atoms with Crippen LogP contribution >= 0.6 is 11.8 Å². The van der Waals surface area contributed by atoms with Gasteiger partial charge in [-0.15, -0.1) is 11.8 Å².